The number of ether oxygens (including phenoxy) is 3. The molecule has 174 valence electrons. The van der Waals surface area contributed by atoms with Crippen LogP contribution in [0.3, 0.4) is 0 Å². The number of hydrogen-bond donors (Lipinski definition) is 0. The molecule has 0 fully saturated rings. The van der Waals surface area contributed by atoms with Crippen LogP contribution in [0.15, 0.2) is 108 Å². The van der Waals surface area contributed by atoms with E-state index < -0.39 is 0 Å². The first kappa shape index (κ1) is 21.3. The average molecular weight is 463 g/mol. The number of hydrogen-bond acceptors (Lipinski definition) is 5. The van der Waals surface area contributed by atoms with E-state index in [2.05, 4.69) is 47.5 Å². The Balaban J connectivity index is 1.31. The van der Waals surface area contributed by atoms with Crippen molar-refractivity contribution in [2.45, 2.75) is 25.3 Å². The molecule has 0 bridgehead atoms. The first-order valence-electron chi connectivity index (χ1n) is 11.8. The normalized spacial score (nSPS) is 18.2. The number of rotatable bonds is 6. The van der Waals surface area contributed by atoms with E-state index >= 15 is 0 Å². The highest BCUT2D eigenvalue weighted by Gasteiger charge is 2.42. The van der Waals surface area contributed by atoms with Gasteiger partial charge in [0, 0.05) is 17.5 Å². The van der Waals surface area contributed by atoms with Crippen LogP contribution in [0.4, 0.5) is 0 Å². The Labute approximate surface area is 205 Å². The Bertz CT molecular complexity index is 1340. The molecule has 0 N–H and O–H groups in total. The zero-order valence-corrected chi connectivity index (χ0v) is 19.5. The van der Waals surface area contributed by atoms with E-state index in [-0.39, 0.29) is 12.3 Å². The quantitative estimate of drug-likeness (QED) is 0.327. The van der Waals surface area contributed by atoms with Crippen molar-refractivity contribution in [2.24, 2.45) is 5.10 Å². The summed E-state index contributed by atoms with van der Waals surface area (Å²) in [5, 5.41) is 7.13. The molecule has 0 aliphatic carbocycles. The Morgan fingerprint density at radius 1 is 0.857 bits per heavy atom. The van der Waals surface area contributed by atoms with E-state index in [1.165, 1.54) is 0 Å². The monoisotopic (exact) mass is 462 g/mol. The molecule has 35 heavy (non-hydrogen) atoms. The highest BCUT2D eigenvalue weighted by atomic mass is 16.5. The lowest BCUT2D eigenvalue weighted by Gasteiger charge is -2.38. The summed E-state index contributed by atoms with van der Waals surface area (Å²) in [6, 6.07) is 34.7. The van der Waals surface area contributed by atoms with Gasteiger partial charge >= 0.3 is 0 Å². The van der Waals surface area contributed by atoms with Crippen LogP contribution in [0, 0.1) is 0 Å². The molecule has 6 rings (SSSR count). The van der Waals surface area contributed by atoms with E-state index in [0.717, 1.165) is 51.6 Å². The summed E-state index contributed by atoms with van der Waals surface area (Å²) < 4.78 is 18.2. The molecule has 0 amide bonds. The summed E-state index contributed by atoms with van der Waals surface area (Å²) in [5.74, 6) is 2.34. The smallest absolute Gasteiger partial charge is 0.214 e. The fourth-order valence-corrected chi connectivity index (χ4v) is 4.74. The number of nitrogens with zero attached hydrogens (tertiary/aromatic N) is 2. The molecule has 0 radical (unpaired) electrons. The Hall–Kier alpha value is -4.25. The standard InChI is InChI=1S/C30H26N2O3/c1-33-28-14-8-13-25-27-19-26(22-11-6-3-7-12-22)31-32(27)30(35-29(25)28)23-15-17-24(18-16-23)34-20-21-9-4-2-5-10-21/h2-18,27,30H,19-20H2,1H3/t27-,30+/m1/s1. The molecule has 4 aromatic carbocycles. The third-order valence-corrected chi connectivity index (χ3v) is 6.52. The van der Waals surface area contributed by atoms with E-state index in [1.807, 2.05) is 60.7 Å². The molecule has 0 unspecified atom stereocenters. The predicted octanol–water partition coefficient (Wildman–Crippen LogP) is 6.52. The Morgan fingerprint density at radius 3 is 2.34 bits per heavy atom. The molecule has 2 atom stereocenters. The molecule has 2 heterocycles. The van der Waals surface area contributed by atoms with Gasteiger partial charge in [0.15, 0.2) is 11.5 Å². The lowest BCUT2D eigenvalue weighted by molar-refractivity contribution is -0.0209. The molecule has 0 saturated carbocycles. The van der Waals surface area contributed by atoms with Crippen LogP contribution in [-0.4, -0.2) is 17.8 Å². The van der Waals surface area contributed by atoms with Crippen molar-refractivity contribution in [1.82, 2.24) is 5.01 Å². The van der Waals surface area contributed by atoms with Crippen molar-refractivity contribution in [3.05, 3.63) is 125 Å². The van der Waals surface area contributed by atoms with E-state index in [1.54, 1.807) is 7.11 Å². The van der Waals surface area contributed by atoms with Crippen LogP contribution in [0.25, 0.3) is 0 Å². The van der Waals surface area contributed by atoms with Gasteiger partial charge in [0.05, 0.1) is 18.9 Å². The lowest BCUT2D eigenvalue weighted by Crippen LogP contribution is -2.33. The second kappa shape index (κ2) is 9.18. The van der Waals surface area contributed by atoms with Crippen molar-refractivity contribution in [3.63, 3.8) is 0 Å². The lowest BCUT2D eigenvalue weighted by atomic mass is 9.95. The summed E-state index contributed by atoms with van der Waals surface area (Å²) in [5.41, 5.74) is 5.44. The van der Waals surface area contributed by atoms with Crippen molar-refractivity contribution in [1.29, 1.82) is 0 Å². The van der Waals surface area contributed by atoms with Crippen LogP contribution in [-0.2, 0) is 6.61 Å². The minimum absolute atomic E-state index is 0.0723. The number of hydrazone groups is 1. The maximum Gasteiger partial charge on any atom is 0.214 e. The van der Waals surface area contributed by atoms with Crippen molar-refractivity contribution in [3.8, 4) is 17.2 Å². The van der Waals surface area contributed by atoms with Crippen molar-refractivity contribution < 1.29 is 14.2 Å². The summed E-state index contributed by atoms with van der Waals surface area (Å²) in [4.78, 5) is 0. The fraction of sp³-hybridized carbons (Fsp3) is 0.167. The number of methoxy groups -OCH3 is 1. The van der Waals surface area contributed by atoms with Gasteiger partial charge in [-0.1, -0.05) is 72.8 Å². The Kier molecular flexibility index (Phi) is 5.59. The fourth-order valence-electron chi connectivity index (χ4n) is 4.74. The van der Waals surface area contributed by atoms with Gasteiger partial charge < -0.3 is 14.2 Å². The SMILES string of the molecule is COc1cccc2c1O[C@@H](c1ccc(OCc3ccccc3)cc1)N1N=C(c3ccccc3)C[C@H]21. The van der Waals surface area contributed by atoms with Gasteiger partial charge in [0.1, 0.15) is 12.4 Å². The van der Waals surface area contributed by atoms with Crippen LogP contribution in [0.1, 0.15) is 40.9 Å². The zero-order chi connectivity index (χ0) is 23.6. The molecule has 2 aliphatic rings. The van der Waals surface area contributed by atoms with E-state index in [4.69, 9.17) is 19.3 Å². The largest absolute Gasteiger partial charge is 0.493 e. The van der Waals surface area contributed by atoms with Gasteiger partial charge in [-0.3, -0.25) is 0 Å². The minimum atomic E-state index is -0.367. The summed E-state index contributed by atoms with van der Waals surface area (Å²) >= 11 is 0. The van der Waals surface area contributed by atoms with Crippen molar-refractivity contribution in [2.75, 3.05) is 7.11 Å². The third-order valence-electron chi connectivity index (χ3n) is 6.52. The van der Waals surface area contributed by atoms with Gasteiger partial charge in [-0.05, 0) is 41.5 Å². The topological polar surface area (TPSA) is 43.3 Å². The molecule has 0 aromatic heterocycles. The van der Waals surface area contributed by atoms with E-state index in [0.29, 0.717) is 6.61 Å². The molecular weight excluding hydrogens is 436 g/mol. The molecule has 0 spiro atoms. The molecule has 5 heteroatoms. The number of benzene rings is 4. The second-order valence-corrected chi connectivity index (χ2v) is 8.70. The van der Waals surface area contributed by atoms with Gasteiger partial charge in [0.25, 0.3) is 0 Å². The first-order chi connectivity index (χ1) is 17.3. The predicted molar refractivity (Wildman–Crippen MR) is 136 cm³/mol. The van der Waals surface area contributed by atoms with Crippen molar-refractivity contribution >= 4 is 5.71 Å². The molecule has 4 aromatic rings. The number of fused-ring (bicyclic) bond motifs is 3. The average Bonchev–Trinajstić information content (AvgIpc) is 3.38. The molecule has 2 aliphatic heterocycles. The maximum absolute atomic E-state index is 6.56. The summed E-state index contributed by atoms with van der Waals surface area (Å²) in [7, 11) is 1.68. The third kappa shape index (κ3) is 4.10. The highest BCUT2D eigenvalue weighted by Crippen LogP contribution is 2.50. The maximum atomic E-state index is 6.56. The van der Waals surface area contributed by atoms with Crippen LogP contribution in [0.2, 0.25) is 0 Å². The first-order valence-corrected chi connectivity index (χ1v) is 11.8. The molecule has 5 nitrogen and oxygen atoms in total. The number of para-hydroxylation sites is 1. The van der Waals surface area contributed by atoms with Crippen LogP contribution < -0.4 is 14.2 Å². The molecular formula is C30H26N2O3. The summed E-state index contributed by atoms with van der Waals surface area (Å²) in [6.45, 7) is 0.531. The highest BCUT2D eigenvalue weighted by molar-refractivity contribution is 6.01. The van der Waals surface area contributed by atoms with Crippen LogP contribution >= 0.6 is 0 Å². The zero-order valence-electron chi connectivity index (χ0n) is 19.5. The Morgan fingerprint density at radius 2 is 1.60 bits per heavy atom. The molecule has 0 saturated heterocycles. The second-order valence-electron chi connectivity index (χ2n) is 8.70. The minimum Gasteiger partial charge on any atom is -0.493 e. The van der Waals surface area contributed by atoms with Gasteiger partial charge in [0.2, 0.25) is 6.23 Å². The van der Waals surface area contributed by atoms with Gasteiger partial charge in [-0.25, -0.2) is 5.01 Å². The van der Waals surface area contributed by atoms with E-state index in [9.17, 15) is 0 Å². The van der Waals surface area contributed by atoms with Gasteiger partial charge in [-0.15, -0.1) is 0 Å². The van der Waals surface area contributed by atoms with Crippen LogP contribution in [0.5, 0.6) is 17.2 Å². The van der Waals surface area contributed by atoms with Gasteiger partial charge in [-0.2, -0.15) is 5.10 Å². The summed E-state index contributed by atoms with van der Waals surface area (Å²) in [6.07, 6.45) is 0.440.